The van der Waals surface area contributed by atoms with E-state index in [1.165, 1.54) is 17.7 Å². The monoisotopic (exact) mass is 489 g/mol. The molecule has 4 aliphatic rings. The van der Waals surface area contributed by atoms with Crippen LogP contribution in [0.1, 0.15) is 83.6 Å². The summed E-state index contributed by atoms with van der Waals surface area (Å²) in [5.74, 6) is 1.01. The minimum absolute atomic E-state index is 0.00741. The van der Waals surface area contributed by atoms with Crippen molar-refractivity contribution in [2.24, 2.45) is 10.9 Å². The lowest BCUT2D eigenvalue weighted by Crippen LogP contribution is -2.45. The lowest BCUT2D eigenvalue weighted by Gasteiger charge is -2.30. The molecule has 1 fully saturated rings. The van der Waals surface area contributed by atoms with Crippen molar-refractivity contribution in [1.82, 2.24) is 14.5 Å². The normalized spacial score (nSPS) is 23.4. The Hall–Kier alpha value is -3.33. The minimum atomic E-state index is -0.409. The van der Waals surface area contributed by atoms with Gasteiger partial charge in [-0.1, -0.05) is 31.9 Å². The number of methoxy groups -OCH3 is 1. The highest BCUT2D eigenvalue weighted by Gasteiger charge is 2.47. The van der Waals surface area contributed by atoms with Crippen LogP contribution < -0.4 is 4.90 Å². The summed E-state index contributed by atoms with van der Waals surface area (Å²) in [5.41, 5.74) is 2.44. The number of imide groups is 1. The molecule has 36 heavy (non-hydrogen) atoms. The second-order valence-corrected chi connectivity index (χ2v) is 10.2. The summed E-state index contributed by atoms with van der Waals surface area (Å²) in [6, 6.07) is 6.55. The van der Waals surface area contributed by atoms with E-state index in [9.17, 15) is 14.4 Å². The summed E-state index contributed by atoms with van der Waals surface area (Å²) < 4.78 is 7.70. The van der Waals surface area contributed by atoms with Gasteiger partial charge in [-0.3, -0.25) is 29.2 Å². The number of carbonyl (C=O) groups is 3. The van der Waals surface area contributed by atoms with Gasteiger partial charge in [0.1, 0.15) is 18.2 Å². The Labute approximate surface area is 210 Å². The molecule has 0 N–H and O–H groups in total. The number of imidazole rings is 1. The van der Waals surface area contributed by atoms with E-state index in [1.807, 2.05) is 4.90 Å². The van der Waals surface area contributed by atoms with Gasteiger partial charge in [-0.05, 0) is 37.8 Å². The number of benzene rings is 1. The van der Waals surface area contributed by atoms with Crippen molar-refractivity contribution in [3.8, 4) is 0 Å². The molecule has 3 aliphatic heterocycles. The third-order valence-electron chi connectivity index (χ3n) is 7.90. The molecule has 0 bridgehead atoms. The van der Waals surface area contributed by atoms with Gasteiger partial charge < -0.3 is 9.30 Å². The molecule has 1 saturated carbocycles. The molecule has 0 spiro atoms. The molecule has 2 unspecified atom stereocenters. The van der Waals surface area contributed by atoms with Crippen molar-refractivity contribution in [2.75, 3.05) is 25.1 Å². The van der Waals surface area contributed by atoms with Crippen LogP contribution in [0.4, 0.5) is 5.82 Å². The number of rotatable bonds is 7. The molecular formula is C27H31N5O4. The Morgan fingerprint density at radius 1 is 1.03 bits per heavy atom. The predicted octanol–water partition coefficient (Wildman–Crippen LogP) is 3.38. The van der Waals surface area contributed by atoms with Crippen LogP contribution in [0.25, 0.3) is 0 Å². The molecule has 2 aromatic rings. The van der Waals surface area contributed by atoms with Gasteiger partial charge >= 0.3 is 0 Å². The second-order valence-electron chi connectivity index (χ2n) is 10.2. The number of hydrogen-bond acceptors (Lipinski definition) is 6. The fraction of sp³-hybridized carbons (Fsp3) is 0.519. The molecule has 6 rings (SSSR count). The van der Waals surface area contributed by atoms with Crippen LogP contribution in [0.2, 0.25) is 0 Å². The first-order valence-corrected chi connectivity index (χ1v) is 13.0. The van der Waals surface area contributed by atoms with E-state index in [0.29, 0.717) is 42.6 Å². The smallest absolute Gasteiger partial charge is 0.261 e. The molecule has 1 aliphatic carbocycles. The van der Waals surface area contributed by atoms with Gasteiger partial charge in [0.15, 0.2) is 5.82 Å². The highest BCUT2D eigenvalue weighted by molar-refractivity contribution is 6.24. The van der Waals surface area contributed by atoms with Crippen LogP contribution in [0.5, 0.6) is 0 Å². The Morgan fingerprint density at radius 2 is 1.72 bits per heavy atom. The van der Waals surface area contributed by atoms with Crippen LogP contribution >= 0.6 is 0 Å². The second kappa shape index (κ2) is 8.96. The fourth-order valence-electron chi connectivity index (χ4n) is 6.28. The van der Waals surface area contributed by atoms with Gasteiger partial charge in [0.25, 0.3) is 11.8 Å². The van der Waals surface area contributed by atoms with E-state index >= 15 is 0 Å². The van der Waals surface area contributed by atoms with Gasteiger partial charge in [-0.2, -0.15) is 0 Å². The quantitative estimate of drug-likeness (QED) is 0.556. The van der Waals surface area contributed by atoms with Crippen molar-refractivity contribution < 1.29 is 19.1 Å². The van der Waals surface area contributed by atoms with E-state index in [-0.39, 0.29) is 30.3 Å². The van der Waals surface area contributed by atoms with Crippen molar-refractivity contribution in [3.05, 3.63) is 46.9 Å². The Balaban J connectivity index is 1.38. The van der Waals surface area contributed by atoms with Crippen LogP contribution in [0.3, 0.4) is 0 Å². The van der Waals surface area contributed by atoms with Gasteiger partial charge in [0, 0.05) is 19.6 Å². The van der Waals surface area contributed by atoms with E-state index in [2.05, 4.69) is 11.5 Å². The van der Waals surface area contributed by atoms with Gasteiger partial charge in [-0.25, -0.2) is 4.98 Å². The van der Waals surface area contributed by atoms with Gasteiger partial charge in [0.05, 0.1) is 35.3 Å². The minimum Gasteiger partial charge on any atom is -0.364 e. The predicted molar refractivity (Wildman–Crippen MR) is 133 cm³/mol. The maximum atomic E-state index is 13.7. The molecule has 0 saturated heterocycles. The summed E-state index contributed by atoms with van der Waals surface area (Å²) in [5, 5.41) is 0. The van der Waals surface area contributed by atoms with E-state index in [4.69, 9.17) is 14.7 Å². The zero-order valence-corrected chi connectivity index (χ0v) is 20.8. The van der Waals surface area contributed by atoms with Crippen LogP contribution in [-0.4, -0.2) is 64.1 Å². The molecule has 2 atom stereocenters. The van der Waals surface area contributed by atoms with E-state index < -0.39 is 5.92 Å². The first-order valence-electron chi connectivity index (χ1n) is 13.0. The average molecular weight is 490 g/mol. The van der Waals surface area contributed by atoms with Crippen LogP contribution in [0.15, 0.2) is 29.3 Å². The molecule has 9 nitrogen and oxygen atoms in total. The lowest BCUT2D eigenvalue weighted by molar-refractivity contribution is -0.120. The Morgan fingerprint density at radius 3 is 2.36 bits per heavy atom. The summed E-state index contributed by atoms with van der Waals surface area (Å²) in [4.78, 5) is 52.7. The maximum absolute atomic E-state index is 13.7. The summed E-state index contributed by atoms with van der Waals surface area (Å²) in [7, 11) is 1.67. The Bertz CT molecular complexity index is 1240. The lowest BCUT2D eigenvalue weighted by atomic mass is 9.92. The third-order valence-corrected chi connectivity index (χ3v) is 7.90. The zero-order valence-electron chi connectivity index (χ0n) is 20.8. The molecule has 188 valence electrons. The number of carbonyl (C=O) groups excluding carboxylic acids is 3. The maximum Gasteiger partial charge on any atom is 0.261 e. The van der Waals surface area contributed by atoms with Crippen molar-refractivity contribution in [3.63, 3.8) is 0 Å². The summed E-state index contributed by atoms with van der Waals surface area (Å²) in [6.45, 7) is 3.15. The first-order chi connectivity index (χ1) is 17.5. The number of aromatic nitrogens is 2. The van der Waals surface area contributed by atoms with Gasteiger partial charge in [0.2, 0.25) is 5.91 Å². The molecular weight excluding hydrogens is 458 g/mol. The van der Waals surface area contributed by atoms with Crippen LogP contribution in [-0.2, 0) is 16.3 Å². The number of fused-ring (bicyclic) bond motifs is 4. The van der Waals surface area contributed by atoms with Crippen molar-refractivity contribution in [2.45, 2.75) is 64.1 Å². The Kier molecular flexibility index (Phi) is 5.75. The molecule has 4 heterocycles. The number of ether oxygens (including phenoxy) is 1. The topological polar surface area (TPSA) is 97.1 Å². The number of aliphatic imine (C=N–C) groups is 1. The fourth-order valence-corrected chi connectivity index (χ4v) is 6.28. The number of hydrogen-bond donors (Lipinski definition) is 0. The van der Waals surface area contributed by atoms with Gasteiger partial charge in [-0.15, -0.1) is 0 Å². The molecule has 1 aromatic carbocycles. The van der Waals surface area contributed by atoms with Crippen molar-refractivity contribution >= 4 is 29.3 Å². The number of anilines is 1. The highest BCUT2D eigenvalue weighted by Crippen LogP contribution is 2.42. The molecule has 1 aromatic heterocycles. The van der Waals surface area contributed by atoms with Crippen molar-refractivity contribution in [1.29, 1.82) is 0 Å². The van der Waals surface area contributed by atoms with E-state index in [0.717, 1.165) is 36.5 Å². The summed E-state index contributed by atoms with van der Waals surface area (Å²) >= 11 is 0. The van der Waals surface area contributed by atoms with Crippen LogP contribution in [0, 0.1) is 5.92 Å². The molecule has 9 heteroatoms. The largest absolute Gasteiger partial charge is 0.364 e. The third kappa shape index (κ3) is 3.43. The average Bonchev–Trinajstić information content (AvgIpc) is 3.66. The number of nitrogens with zero attached hydrogens (tertiary/aromatic N) is 5. The van der Waals surface area contributed by atoms with E-state index in [1.54, 1.807) is 31.4 Å². The molecule has 3 amide bonds. The molecule has 0 radical (unpaired) electrons. The number of amides is 3. The first kappa shape index (κ1) is 23.1. The zero-order chi connectivity index (χ0) is 25.0. The SMILES string of the molecule is CCCN1C(=O)C2CC(CN3C(=O)c4ccccc4C3=O)N=C2c2c1nc(C1CCCC1)n2COC. The standard InChI is InChI=1S/C27H31N5O4/c1-3-12-30-24-22(32(15-36-2)23(29-24)16-8-4-5-9-16)21-20(27(30)35)13-17(28-21)14-31-25(33)18-10-6-7-11-19(18)26(31)34/h6-7,10-11,16-17,20H,3-5,8-9,12-15H2,1-2H3. The summed E-state index contributed by atoms with van der Waals surface area (Å²) in [6.07, 6.45) is 5.81. The highest BCUT2D eigenvalue weighted by atomic mass is 16.5.